The van der Waals surface area contributed by atoms with Gasteiger partial charge in [0.2, 0.25) is 0 Å². The zero-order valence-electron chi connectivity index (χ0n) is 10.7. The van der Waals surface area contributed by atoms with Crippen molar-refractivity contribution in [1.29, 1.82) is 0 Å². The maximum Gasteiger partial charge on any atom is 0.345 e. The molecule has 0 aliphatic rings. The molecule has 0 amide bonds. The van der Waals surface area contributed by atoms with E-state index in [0.717, 1.165) is 7.11 Å². The molecular formula is C12H12NO6. The molecule has 19 heavy (non-hydrogen) atoms. The van der Waals surface area contributed by atoms with E-state index in [9.17, 15) is 19.7 Å². The number of rotatable bonds is 4. The van der Waals surface area contributed by atoms with Crippen molar-refractivity contribution in [3.63, 3.8) is 0 Å². The predicted octanol–water partition coefficient (Wildman–Crippen LogP) is 1.53. The van der Waals surface area contributed by atoms with Gasteiger partial charge >= 0.3 is 11.9 Å². The van der Waals surface area contributed by atoms with Crippen LogP contribution in [0.15, 0.2) is 6.07 Å². The molecule has 1 rings (SSSR count). The maximum atomic E-state index is 11.6. The number of benzene rings is 1. The average molecular weight is 266 g/mol. The topological polar surface area (TPSA) is 95.7 Å². The first-order chi connectivity index (χ1) is 8.96. The van der Waals surface area contributed by atoms with Crippen molar-refractivity contribution in [1.82, 2.24) is 0 Å². The van der Waals surface area contributed by atoms with Gasteiger partial charge in [-0.05, 0) is 12.5 Å². The summed E-state index contributed by atoms with van der Waals surface area (Å²) < 4.78 is 8.98. The number of nitrogens with zero attached hydrogens (tertiary/aromatic N) is 1. The SMILES string of the molecule is CCc1cc(C(=O)OC)[c]c(C(=O)OC)c1[N+](=O)[O-]. The third-order valence-electron chi connectivity index (χ3n) is 2.48. The molecule has 0 aliphatic carbocycles. The summed E-state index contributed by atoms with van der Waals surface area (Å²) in [7, 11) is 2.26. The lowest BCUT2D eigenvalue weighted by Crippen LogP contribution is -2.12. The van der Waals surface area contributed by atoms with Gasteiger partial charge in [0, 0.05) is 11.6 Å². The summed E-state index contributed by atoms with van der Waals surface area (Å²) in [6.45, 7) is 1.67. The smallest absolute Gasteiger partial charge is 0.345 e. The van der Waals surface area contributed by atoms with E-state index >= 15 is 0 Å². The van der Waals surface area contributed by atoms with Crippen molar-refractivity contribution >= 4 is 17.6 Å². The van der Waals surface area contributed by atoms with E-state index in [4.69, 9.17) is 0 Å². The fraction of sp³-hybridized carbons (Fsp3) is 0.333. The molecule has 0 unspecified atom stereocenters. The summed E-state index contributed by atoms with van der Waals surface area (Å²) in [6.07, 6.45) is 0.277. The Kier molecular flexibility index (Phi) is 4.57. The van der Waals surface area contributed by atoms with Gasteiger partial charge in [0.1, 0.15) is 5.56 Å². The lowest BCUT2D eigenvalue weighted by atomic mass is 10.0. The van der Waals surface area contributed by atoms with E-state index in [2.05, 4.69) is 15.5 Å². The largest absolute Gasteiger partial charge is 0.465 e. The minimum Gasteiger partial charge on any atom is -0.465 e. The first-order valence-electron chi connectivity index (χ1n) is 5.36. The molecule has 0 bridgehead atoms. The third kappa shape index (κ3) is 2.87. The van der Waals surface area contributed by atoms with Crippen LogP contribution < -0.4 is 0 Å². The Hall–Kier alpha value is -2.44. The number of hydrogen-bond donors (Lipinski definition) is 0. The van der Waals surface area contributed by atoms with Gasteiger partial charge in [0.05, 0.1) is 24.7 Å². The van der Waals surface area contributed by atoms with Gasteiger partial charge in [-0.15, -0.1) is 0 Å². The van der Waals surface area contributed by atoms with Crippen LogP contribution in [0.25, 0.3) is 0 Å². The van der Waals surface area contributed by atoms with Crippen molar-refractivity contribution in [2.45, 2.75) is 13.3 Å². The Morgan fingerprint density at radius 1 is 1.32 bits per heavy atom. The summed E-state index contributed by atoms with van der Waals surface area (Å²) in [4.78, 5) is 33.4. The standard InChI is InChI=1S/C12H12NO6/c1-4-7-5-8(11(14)18-2)6-9(12(15)19-3)10(7)13(16)17/h5H,4H2,1-3H3. The predicted molar refractivity (Wildman–Crippen MR) is 64.0 cm³/mol. The molecule has 0 atom stereocenters. The van der Waals surface area contributed by atoms with Crippen LogP contribution in [0, 0.1) is 16.2 Å². The third-order valence-corrected chi connectivity index (χ3v) is 2.48. The molecular weight excluding hydrogens is 254 g/mol. The molecule has 0 aromatic heterocycles. The van der Waals surface area contributed by atoms with Crippen molar-refractivity contribution < 1.29 is 24.0 Å². The molecule has 0 heterocycles. The number of methoxy groups -OCH3 is 2. The number of hydrogen-bond acceptors (Lipinski definition) is 6. The van der Waals surface area contributed by atoms with Crippen molar-refractivity contribution in [3.05, 3.63) is 38.9 Å². The van der Waals surface area contributed by atoms with Crippen LogP contribution in [0.2, 0.25) is 0 Å². The van der Waals surface area contributed by atoms with Gasteiger partial charge in [0.25, 0.3) is 5.69 Å². The van der Waals surface area contributed by atoms with Crippen LogP contribution in [0.4, 0.5) is 5.69 Å². The summed E-state index contributed by atoms with van der Waals surface area (Å²) in [6, 6.07) is 3.67. The number of carbonyl (C=O) groups excluding carboxylic acids is 2. The number of esters is 2. The van der Waals surface area contributed by atoms with E-state index in [1.54, 1.807) is 6.92 Å². The number of nitro benzene ring substituents is 1. The molecule has 0 fully saturated rings. The van der Waals surface area contributed by atoms with Crippen LogP contribution in [-0.4, -0.2) is 31.1 Å². The van der Waals surface area contributed by atoms with E-state index in [-0.39, 0.29) is 23.1 Å². The number of carbonyl (C=O) groups is 2. The van der Waals surface area contributed by atoms with E-state index in [0.29, 0.717) is 0 Å². The molecule has 1 radical (unpaired) electrons. The van der Waals surface area contributed by atoms with Gasteiger partial charge in [-0.2, -0.15) is 0 Å². The highest BCUT2D eigenvalue weighted by atomic mass is 16.6. The Morgan fingerprint density at radius 3 is 2.32 bits per heavy atom. The van der Waals surface area contributed by atoms with Crippen LogP contribution in [0.1, 0.15) is 33.2 Å². The molecule has 7 nitrogen and oxygen atoms in total. The molecule has 1 aromatic carbocycles. The van der Waals surface area contributed by atoms with E-state index < -0.39 is 22.5 Å². The van der Waals surface area contributed by atoms with E-state index in [1.807, 2.05) is 0 Å². The fourth-order valence-corrected chi connectivity index (χ4v) is 1.58. The molecule has 0 spiro atoms. The second-order valence-corrected chi connectivity index (χ2v) is 3.53. The Morgan fingerprint density at radius 2 is 1.89 bits per heavy atom. The lowest BCUT2D eigenvalue weighted by Gasteiger charge is -2.07. The number of ether oxygens (including phenoxy) is 2. The minimum absolute atomic E-state index is 0.0506. The number of nitro groups is 1. The molecule has 1 aromatic rings. The van der Waals surface area contributed by atoms with Crippen LogP contribution in [-0.2, 0) is 15.9 Å². The highest BCUT2D eigenvalue weighted by Gasteiger charge is 2.27. The van der Waals surface area contributed by atoms with Gasteiger partial charge in [0.15, 0.2) is 0 Å². The molecule has 0 N–H and O–H groups in total. The van der Waals surface area contributed by atoms with Crippen LogP contribution in [0.3, 0.4) is 0 Å². The summed E-state index contributed by atoms with van der Waals surface area (Å²) >= 11 is 0. The highest BCUT2D eigenvalue weighted by Crippen LogP contribution is 2.27. The molecule has 0 saturated carbocycles. The van der Waals surface area contributed by atoms with Gasteiger partial charge in [-0.1, -0.05) is 6.92 Å². The van der Waals surface area contributed by atoms with Crippen molar-refractivity contribution in [2.24, 2.45) is 0 Å². The van der Waals surface area contributed by atoms with Gasteiger partial charge in [-0.3, -0.25) is 10.1 Å². The van der Waals surface area contributed by atoms with Gasteiger partial charge < -0.3 is 9.47 Å². The number of aryl methyl sites for hydroxylation is 1. The summed E-state index contributed by atoms with van der Waals surface area (Å²) in [5.74, 6) is -1.65. The minimum atomic E-state index is -0.924. The first-order valence-corrected chi connectivity index (χ1v) is 5.36. The average Bonchev–Trinajstić information content (AvgIpc) is 2.43. The first kappa shape index (κ1) is 14.6. The Labute approximate surface area is 109 Å². The highest BCUT2D eigenvalue weighted by molar-refractivity contribution is 5.98. The zero-order valence-corrected chi connectivity index (χ0v) is 10.7. The molecule has 101 valence electrons. The molecule has 0 saturated heterocycles. The second-order valence-electron chi connectivity index (χ2n) is 3.53. The normalized spacial score (nSPS) is 9.84. The van der Waals surface area contributed by atoms with Crippen LogP contribution in [0.5, 0.6) is 0 Å². The van der Waals surface area contributed by atoms with Crippen LogP contribution >= 0.6 is 0 Å². The molecule has 0 aliphatic heterocycles. The maximum absolute atomic E-state index is 11.6. The lowest BCUT2D eigenvalue weighted by molar-refractivity contribution is -0.385. The van der Waals surface area contributed by atoms with Crippen molar-refractivity contribution in [3.8, 4) is 0 Å². The summed E-state index contributed by atoms with van der Waals surface area (Å²) in [5.41, 5.74) is -0.593. The Balaban J connectivity index is 3.58. The summed E-state index contributed by atoms with van der Waals surface area (Å²) in [5, 5.41) is 11.0. The quantitative estimate of drug-likeness (QED) is 0.466. The Bertz CT molecular complexity index is 537. The van der Waals surface area contributed by atoms with Gasteiger partial charge in [-0.25, -0.2) is 9.59 Å². The zero-order chi connectivity index (χ0) is 14.6. The monoisotopic (exact) mass is 266 g/mol. The van der Waals surface area contributed by atoms with E-state index in [1.165, 1.54) is 13.2 Å². The van der Waals surface area contributed by atoms with Crippen molar-refractivity contribution in [2.75, 3.05) is 14.2 Å². The second kappa shape index (κ2) is 5.94. The molecule has 7 heteroatoms. The fourth-order valence-electron chi connectivity index (χ4n) is 1.58.